The Kier molecular flexibility index (Phi) is 3.45. The predicted octanol–water partition coefficient (Wildman–Crippen LogP) is 3.40. The van der Waals surface area contributed by atoms with Gasteiger partial charge in [-0.15, -0.1) is 11.6 Å². The molecule has 0 aliphatic carbocycles. The zero-order valence-electron chi connectivity index (χ0n) is 6.85. The van der Waals surface area contributed by atoms with E-state index in [1.807, 2.05) is 0 Å². The van der Waals surface area contributed by atoms with Crippen molar-refractivity contribution < 1.29 is 9.18 Å². The molecule has 1 aromatic carbocycles. The van der Waals surface area contributed by atoms with E-state index in [1.165, 1.54) is 12.1 Å². The van der Waals surface area contributed by atoms with E-state index in [2.05, 4.69) is 15.9 Å². The van der Waals surface area contributed by atoms with Gasteiger partial charge >= 0.3 is 0 Å². The van der Waals surface area contributed by atoms with E-state index in [9.17, 15) is 9.18 Å². The topological polar surface area (TPSA) is 17.1 Å². The summed E-state index contributed by atoms with van der Waals surface area (Å²) < 4.78 is 13.4. The van der Waals surface area contributed by atoms with E-state index in [4.69, 9.17) is 11.6 Å². The van der Waals surface area contributed by atoms with Crippen molar-refractivity contribution in [2.24, 2.45) is 0 Å². The molecule has 0 bridgehead atoms. The van der Waals surface area contributed by atoms with Crippen LogP contribution in [-0.2, 0) is 0 Å². The monoisotopic (exact) mass is 264 g/mol. The molecule has 1 atom stereocenters. The smallest absolute Gasteiger partial charge is 0.180 e. The quantitative estimate of drug-likeness (QED) is 0.592. The van der Waals surface area contributed by atoms with Gasteiger partial charge in [-0.2, -0.15) is 0 Å². The molecule has 1 rings (SSSR count). The minimum Gasteiger partial charge on any atom is -0.293 e. The molecule has 0 amide bonds. The third-order valence-electron chi connectivity index (χ3n) is 1.51. The van der Waals surface area contributed by atoms with Gasteiger partial charge in [-0.3, -0.25) is 4.79 Å². The fourth-order valence-electron chi connectivity index (χ4n) is 0.926. The van der Waals surface area contributed by atoms with Crippen molar-refractivity contribution in [2.45, 2.75) is 12.3 Å². The van der Waals surface area contributed by atoms with Crippen LogP contribution in [0, 0.1) is 5.82 Å². The molecule has 0 spiro atoms. The molecule has 0 N–H and O–H groups in total. The number of halogens is 3. The molecule has 1 aromatic rings. The molecule has 0 aliphatic heterocycles. The SMILES string of the molecule is CC(Cl)C(=O)c1cc(F)cc(Br)c1. The Morgan fingerprint density at radius 1 is 1.54 bits per heavy atom. The zero-order valence-corrected chi connectivity index (χ0v) is 9.19. The van der Waals surface area contributed by atoms with Gasteiger partial charge in [0, 0.05) is 10.0 Å². The van der Waals surface area contributed by atoms with E-state index in [1.54, 1.807) is 13.0 Å². The Morgan fingerprint density at radius 3 is 2.62 bits per heavy atom. The Labute approximate surface area is 89.0 Å². The molecule has 0 radical (unpaired) electrons. The Balaban J connectivity index is 3.08. The highest BCUT2D eigenvalue weighted by Crippen LogP contribution is 2.17. The summed E-state index contributed by atoms with van der Waals surface area (Å²) >= 11 is 8.68. The summed E-state index contributed by atoms with van der Waals surface area (Å²) in [6, 6.07) is 4.01. The summed E-state index contributed by atoms with van der Waals surface area (Å²) in [5.41, 5.74) is 0.286. The summed E-state index contributed by atoms with van der Waals surface area (Å²) in [5, 5.41) is -0.631. The van der Waals surface area contributed by atoms with Crippen molar-refractivity contribution in [1.82, 2.24) is 0 Å². The Bertz CT molecular complexity index is 318. The van der Waals surface area contributed by atoms with Crippen LogP contribution in [0.5, 0.6) is 0 Å². The van der Waals surface area contributed by atoms with Crippen molar-refractivity contribution in [3.8, 4) is 0 Å². The van der Waals surface area contributed by atoms with Gasteiger partial charge in [0.2, 0.25) is 0 Å². The molecule has 4 heteroatoms. The first-order valence-corrected chi connectivity index (χ1v) is 4.88. The lowest BCUT2D eigenvalue weighted by Crippen LogP contribution is -2.10. The summed E-state index contributed by atoms with van der Waals surface area (Å²) in [5.74, 6) is -0.725. The van der Waals surface area contributed by atoms with E-state index in [0.717, 1.165) is 0 Å². The van der Waals surface area contributed by atoms with Crippen LogP contribution in [0.3, 0.4) is 0 Å². The van der Waals surface area contributed by atoms with Gasteiger partial charge in [0.25, 0.3) is 0 Å². The number of carbonyl (C=O) groups is 1. The maximum Gasteiger partial charge on any atom is 0.180 e. The number of ketones is 1. The summed E-state index contributed by atoms with van der Waals surface area (Å²) in [4.78, 5) is 11.3. The highest BCUT2D eigenvalue weighted by Gasteiger charge is 2.13. The van der Waals surface area contributed by atoms with Crippen LogP contribution in [0.2, 0.25) is 0 Å². The standard InChI is InChI=1S/C9H7BrClFO/c1-5(11)9(13)6-2-7(10)4-8(12)3-6/h2-5H,1H3. The molecular formula is C9H7BrClFO. The highest BCUT2D eigenvalue weighted by molar-refractivity contribution is 9.10. The van der Waals surface area contributed by atoms with Crippen molar-refractivity contribution >= 4 is 33.3 Å². The lowest BCUT2D eigenvalue weighted by molar-refractivity contribution is 0.0991. The fraction of sp³-hybridized carbons (Fsp3) is 0.222. The zero-order chi connectivity index (χ0) is 10.0. The Morgan fingerprint density at radius 2 is 2.15 bits per heavy atom. The van der Waals surface area contributed by atoms with Crippen LogP contribution < -0.4 is 0 Å². The van der Waals surface area contributed by atoms with Crippen LogP contribution in [0.1, 0.15) is 17.3 Å². The second-order valence-corrected chi connectivity index (χ2v) is 4.21. The molecule has 13 heavy (non-hydrogen) atoms. The van der Waals surface area contributed by atoms with Gasteiger partial charge in [0.15, 0.2) is 5.78 Å². The fourth-order valence-corrected chi connectivity index (χ4v) is 1.52. The molecule has 0 heterocycles. The minimum atomic E-state index is -0.631. The number of carbonyl (C=O) groups excluding carboxylic acids is 1. The summed E-state index contributed by atoms with van der Waals surface area (Å²) in [6.45, 7) is 1.56. The van der Waals surface area contributed by atoms with E-state index in [0.29, 0.717) is 4.47 Å². The van der Waals surface area contributed by atoms with Crippen LogP contribution in [-0.4, -0.2) is 11.2 Å². The minimum absolute atomic E-state index is 0.276. The molecule has 1 nitrogen and oxygen atoms in total. The molecule has 1 unspecified atom stereocenters. The largest absolute Gasteiger partial charge is 0.293 e. The van der Waals surface area contributed by atoms with Crippen molar-refractivity contribution in [3.63, 3.8) is 0 Å². The third-order valence-corrected chi connectivity index (χ3v) is 2.16. The average Bonchev–Trinajstić information content (AvgIpc) is 2.01. The summed E-state index contributed by atoms with van der Waals surface area (Å²) in [7, 11) is 0. The maximum atomic E-state index is 12.8. The maximum absolute atomic E-state index is 12.8. The van der Waals surface area contributed by atoms with Crippen LogP contribution in [0.25, 0.3) is 0 Å². The molecule has 0 saturated heterocycles. The van der Waals surface area contributed by atoms with E-state index in [-0.39, 0.29) is 11.3 Å². The number of hydrogen-bond donors (Lipinski definition) is 0. The first-order valence-electron chi connectivity index (χ1n) is 3.65. The molecule has 70 valence electrons. The predicted molar refractivity (Wildman–Crippen MR) is 53.7 cm³/mol. The second-order valence-electron chi connectivity index (χ2n) is 2.64. The van der Waals surface area contributed by atoms with Gasteiger partial charge < -0.3 is 0 Å². The molecule has 0 saturated carbocycles. The van der Waals surface area contributed by atoms with Crippen molar-refractivity contribution in [2.75, 3.05) is 0 Å². The van der Waals surface area contributed by atoms with E-state index >= 15 is 0 Å². The van der Waals surface area contributed by atoms with Crippen LogP contribution >= 0.6 is 27.5 Å². The van der Waals surface area contributed by atoms with E-state index < -0.39 is 11.2 Å². The normalized spacial score (nSPS) is 12.6. The number of alkyl halides is 1. The first-order chi connectivity index (χ1) is 6.00. The Hall–Kier alpha value is -0.410. The lowest BCUT2D eigenvalue weighted by atomic mass is 10.1. The van der Waals surface area contributed by atoms with Gasteiger partial charge in [-0.1, -0.05) is 15.9 Å². The number of hydrogen-bond acceptors (Lipinski definition) is 1. The van der Waals surface area contributed by atoms with Gasteiger partial charge in [-0.05, 0) is 25.1 Å². The van der Waals surface area contributed by atoms with Crippen LogP contribution in [0.4, 0.5) is 4.39 Å². The second kappa shape index (κ2) is 4.20. The third kappa shape index (κ3) is 2.78. The average molecular weight is 266 g/mol. The molecule has 0 aliphatic rings. The van der Waals surface area contributed by atoms with Gasteiger partial charge in [-0.25, -0.2) is 4.39 Å². The first kappa shape index (κ1) is 10.7. The lowest BCUT2D eigenvalue weighted by Gasteiger charge is -2.02. The summed E-state index contributed by atoms with van der Waals surface area (Å²) in [6.07, 6.45) is 0. The number of rotatable bonds is 2. The van der Waals surface area contributed by atoms with Crippen LogP contribution in [0.15, 0.2) is 22.7 Å². The van der Waals surface area contributed by atoms with Gasteiger partial charge in [0.05, 0.1) is 5.38 Å². The number of benzene rings is 1. The number of Topliss-reactive ketones (excluding diaryl/α,β-unsaturated/α-hetero) is 1. The molecular weight excluding hydrogens is 258 g/mol. The van der Waals surface area contributed by atoms with Crippen molar-refractivity contribution in [1.29, 1.82) is 0 Å². The van der Waals surface area contributed by atoms with Crippen molar-refractivity contribution in [3.05, 3.63) is 34.1 Å². The molecule has 0 aromatic heterocycles. The van der Waals surface area contributed by atoms with Gasteiger partial charge in [0.1, 0.15) is 5.82 Å². The highest BCUT2D eigenvalue weighted by atomic mass is 79.9. The molecule has 0 fully saturated rings.